The number of halogens is 1. The molecule has 0 spiro atoms. The second-order valence-electron chi connectivity index (χ2n) is 4.11. The van der Waals surface area contributed by atoms with Gasteiger partial charge >= 0.3 is 0 Å². The monoisotopic (exact) mass is 297 g/mol. The molecule has 19 heavy (non-hydrogen) atoms. The summed E-state index contributed by atoms with van der Waals surface area (Å²) in [5.74, 6) is 1.16. The van der Waals surface area contributed by atoms with E-state index in [2.05, 4.69) is 15.3 Å². The Hall–Kier alpha value is -1.33. The fourth-order valence-electron chi connectivity index (χ4n) is 1.65. The second kappa shape index (κ2) is 6.21. The molecule has 102 valence electrons. The summed E-state index contributed by atoms with van der Waals surface area (Å²) in [4.78, 5) is 9.83. The van der Waals surface area contributed by atoms with Crippen LogP contribution in [0.5, 0.6) is 5.88 Å². The third kappa shape index (κ3) is 3.81. The number of nitrogens with zero attached hydrogens (tertiary/aromatic N) is 2. The van der Waals surface area contributed by atoms with Crippen molar-refractivity contribution in [3.63, 3.8) is 0 Å². The first-order valence-corrected chi connectivity index (χ1v) is 7.28. The van der Waals surface area contributed by atoms with Crippen LogP contribution in [0.4, 0.5) is 5.95 Å². The summed E-state index contributed by atoms with van der Waals surface area (Å²) in [5.41, 5.74) is 0.873. The van der Waals surface area contributed by atoms with E-state index in [9.17, 15) is 0 Å². The molecule has 2 aromatic heterocycles. The number of nitrogens with one attached hydrogen (secondary N) is 1. The number of hydrogen-bond acceptors (Lipinski definition) is 5. The normalized spacial score (nSPS) is 12.2. The lowest BCUT2D eigenvalue weighted by atomic mass is 10.3. The minimum absolute atomic E-state index is 0.105. The summed E-state index contributed by atoms with van der Waals surface area (Å²) in [7, 11) is 0. The van der Waals surface area contributed by atoms with Crippen molar-refractivity contribution < 1.29 is 4.74 Å². The number of aryl methyl sites for hydroxylation is 1. The molecule has 1 unspecified atom stereocenters. The van der Waals surface area contributed by atoms with Gasteiger partial charge in [-0.3, -0.25) is 0 Å². The molecule has 0 saturated heterocycles. The van der Waals surface area contributed by atoms with Crippen LogP contribution in [0, 0.1) is 6.92 Å². The Kier molecular flexibility index (Phi) is 4.61. The lowest BCUT2D eigenvalue weighted by Crippen LogP contribution is -2.09. The van der Waals surface area contributed by atoms with Gasteiger partial charge in [0.2, 0.25) is 11.8 Å². The Balaban J connectivity index is 2.14. The number of hydrogen-bond donors (Lipinski definition) is 1. The quantitative estimate of drug-likeness (QED) is 0.903. The molecule has 0 fully saturated rings. The van der Waals surface area contributed by atoms with E-state index < -0.39 is 0 Å². The summed E-state index contributed by atoms with van der Waals surface area (Å²) < 4.78 is 6.19. The summed E-state index contributed by atoms with van der Waals surface area (Å²) in [6.45, 7) is 6.49. The number of anilines is 1. The van der Waals surface area contributed by atoms with Gasteiger partial charge in [-0.1, -0.05) is 11.6 Å². The number of aromatic nitrogens is 2. The van der Waals surface area contributed by atoms with Crippen LogP contribution in [0.25, 0.3) is 0 Å². The van der Waals surface area contributed by atoms with Crippen molar-refractivity contribution in [3.8, 4) is 5.88 Å². The molecule has 2 aromatic rings. The SMILES string of the molecule is CCOc1cc(C)nc(NC(C)c2ccc(Cl)s2)n1. The molecule has 0 saturated carbocycles. The Bertz CT molecular complexity index is 559. The minimum Gasteiger partial charge on any atom is -0.478 e. The van der Waals surface area contributed by atoms with Crippen molar-refractivity contribution in [1.82, 2.24) is 9.97 Å². The van der Waals surface area contributed by atoms with Crippen molar-refractivity contribution in [1.29, 1.82) is 0 Å². The van der Waals surface area contributed by atoms with Gasteiger partial charge in [0.25, 0.3) is 0 Å². The summed E-state index contributed by atoms with van der Waals surface area (Å²) in [6, 6.07) is 5.82. The molecular weight excluding hydrogens is 282 g/mol. The molecule has 0 bridgehead atoms. The van der Waals surface area contributed by atoms with Crippen molar-refractivity contribution >= 4 is 28.9 Å². The zero-order chi connectivity index (χ0) is 13.8. The van der Waals surface area contributed by atoms with E-state index in [0.717, 1.165) is 14.9 Å². The predicted octanol–water partition coefficient (Wildman–Crippen LogP) is 4.07. The molecule has 0 aliphatic rings. The van der Waals surface area contributed by atoms with Gasteiger partial charge in [-0.05, 0) is 32.9 Å². The number of ether oxygens (including phenoxy) is 1. The lowest BCUT2D eigenvalue weighted by molar-refractivity contribution is 0.326. The first-order valence-electron chi connectivity index (χ1n) is 6.08. The Morgan fingerprint density at radius 2 is 2.21 bits per heavy atom. The van der Waals surface area contributed by atoms with Crippen molar-refractivity contribution in [2.75, 3.05) is 11.9 Å². The molecular formula is C13H16ClN3OS. The molecule has 4 nitrogen and oxygen atoms in total. The van der Waals surface area contributed by atoms with E-state index in [-0.39, 0.29) is 6.04 Å². The fraction of sp³-hybridized carbons (Fsp3) is 0.385. The average molecular weight is 298 g/mol. The van der Waals surface area contributed by atoms with Crippen LogP contribution in [0.3, 0.4) is 0 Å². The third-order valence-electron chi connectivity index (χ3n) is 2.49. The highest BCUT2D eigenvalue weighted by atomic mass is 35.5. The summed E-state index contributed by atoms with van der Waals surface area (Å²) in [5, 5.41) is 3.26. The van der Waals surface area contributed by atoms with E-state index in [1.807, 2.05) is 39.0 Å². The van der Waals surface area contributed by atoms with Gasteiger partial charge < -0.3 is 10.1 Å². The maximum Gasteiger partial charge on any atom is 0.226 e. The Morgan fingerprint density at radius 3 is 2.84 bits per heavy atom. The lowest BCUT2D eigenvalue weighted by Gasteiger charge is -2.13. The van der Waals surface area contributed by atoms with Gasteiger partial charge in [0, 0.05) is 16.6 Å². The summed E-state index contributed by atoms with van der Waals surface area (Å²) >= 11 is 7.49. The first-order chi connectivity index (χ1) is 9.08. The molecule has 1 N–H and O–H groups in total. The van der Waals surface area contributed by atoms with E-state index in [1.165, 1.54) is 0 Å². The second-order valence-corrected chi connectivity index (χ2v) is 5.86. The van der Waals surface area contributed by atoms with Gasteiger partial charge in [0.15, 0.2) is 0 Å². The van der Waals surface area contributed by atoms with E-state index in [0.29, 0.717) is 18.4 Å². The third-order valence-corrected chi connectivity index (χ3v) is 3.90. The van der Waals surface area contributed by atoms with Crippen LogP contribution in [0.2, 0.25) is 4.34 Å². The minimum atomic E-state index is 0.105. The van der Waals surface area contributed by atoms with Crippen LogP contribution in [0.1, 0.15) is 30.5 Å². The maximum atomic E-state index is 5.94. The Morgan fingerprint density at radius 1 is 1.42 bits per heavy atom. The molecule has 2 heterocycles. The largest absolute Gasteiger partial charge is 0.478 e. The topological polar surface area (TPSA) is 47.0 Å². The van der Waals surface area contributed by atoms with Crippen molar-refractivity contribution in [2.24, 2.45) is 0 Å². The number of thiophene rings is 1. The highest BCUT2D eigenvalue weighted by molar-refractivity contribution is 7.16. The zero-order valence-electron chi connectivity index (χ0n) is 11.1. The van der Waals surface area contributed by atoms with E-state index in [4.69, 9.17) is 16.3 Å². The highest BCUT2D eigenvalue weighted by Gasteiger charge is 2.11. The average Bonchev–Trinajstić information content (AvgIpc) is 2.75. The van der Waals surface area contributed by atoms with Gasteiger partial charge in [0.05, 0.1) is 17.0 Å². The molecule has 2 rings (SSSR count). The van der Waals surface area contributed by atoms with Crippen LogP contribution in [0.15, 0.2) is 18.2 Å². The van der Waals surface area contributed by atoms with Crippen molar-refractivity contribution in [3.05, 3.63) is 33.1 Å². The van der Waals surface area contributed by atoms with Gasteiger partial charge in [-0.25, -0.2) is 4.98 Å². The summed E-state index contributed by atoms with van der Waals surface area (Å²) in [6.07, 6.45) is 0. The van der Waals surface area contributed by atoms with Crippen LogP contribution in [-0.2, 0) is 0 Å². The number of rotatable bonds is 5. The van der Waals surface area contributed by atoms with E-state index >= 15 is 0 Å². The van der Waals surface area contributed by atoms with Gasteiger partial charge in [-0.2, -0.15) is 4.98 Å². The fourth-order valence-corrected chi connectivity index (χ4v) is 2.72. The maximum absolute atomic E-state index is 5.94. The smallest absolute Gasteiger partial charge is 0.226 e. The zero-order valence-corrected chi connectivity index (χ0v) is 12.7. The van der Waals surface area contributed by atoms with Gasteiger partial charge in [-0.15, -0.1) is 11.3 Å². The standard InChI is InChI=1S/C13H16ClN3OS/c1-4-18-12-7-8(2)15-13(17-12)16-9(3)10-5-6-11(14)19-10/h5-7,9H,4H2,1-3H3,(H,15,16,17). The predicted molar refractivity (Wildman–Crippen MR) is 79.3 cm³/mol. The van der Waals surface area contributed by atoms with Crippen LogP contribution in [-0.4, -0.2) is 16.6 Å². The first kappa shape index (κ1) is 14.1. The molecule has 0 amide bonds. The Labute approximate surface area is 121 Å². The molecule has 1 atom stereocenters. The molecule has 0 aromatic carbocycles. The molecule has 0 aliphatic heterocycles. The van der Waals surface area contributed by atoms with Gasteiger partial charge in [0.1, 0.15) is 0 Å². The molecule has 0 aliphatic carbocycles. The van der Waals surface area contributed by atoms with Crippen LogP contribution >= 0.6 is 22.9 Å². The van der Waals surface area contributed by atoms with Crippen LogP contribution < -0.4 is 10.1 Å². The molecule has 0 radical (unpaired) electrons. The van der Waals surface area contributed by atoms with Crippen molar-refractivity contribution in [2.45, 2.75) is 26.8 Å². The van der Waals surface area contributed by atoms with E-state index in [1.54, 1.807) is 11.3 Å². The molecule has 6 heteroatoms. The highest BCUT2D eigenvalue weighted by Crippen LogP contribution is 2.28.